The second-order valence-electron chi connectivity index (χ2n) is 6.71. The fourth-order valence-electron chi connectivity index (χ4n) is 3.59. The van der Waals surface area contributed by atoms with E-state index >= 15 is 0 Å². The highest BCUT2D eigenvalue weighted by atomic mass is 79.9. The Bertz CT molecular complexity index is 629. The number of halogens is 1. The summed E-state index contributed by atoms with van der Waals surface area (Å²) in [5, 5.41) is 0. The largest absolute Gasteiger partial charge is 0.330 e. The number of fused-ring (bicyclic) bond motifs is 1. The maximum atomic E-state index is 13.1. The van der Waals surface area contributed by atoms with Crippen LogP contribution in [-0.4, -0.2) is 35.8 Å². The van der Waals surface area contributed by atoms with Gasteiger partial charge in [-0.05, 0) is 49.4 Å². The van der Waals surface area contributed by atoms with Gasteiger partial charge in [0, 0.05) is 29.2 Å². The fraction of sp³-hybridized carbons (Fsp3) is 0.556. The number of rotatable bonds is 2. The van der Waals surface area contributed by atoms with E-state index in [-0.39, 0.29) is 23.8 Å². The van der Waals surface area contributed by atoms with Gasteiger partial charge in [-0.3, -0.25) is 9.59 Å². The van der Waals surface area contributed by atoms with Gasteiger partial charge in [0.15, 0.2) is 0 Å². The lowest BCUT2D eigenvalue weighted by Crippen LogP contribution is -2.50. The number of likely N-dealkylation sites (tertiary alicyclic amines) is 1. The highest BCUT2D eigenvalue weighted by Crippen LogP contribution is 2.32. The normalized spacial score (nSPS) is 20.8. The Labute approximate surface area is 146 Å². The monoisotopic (exact) mass is 378 g/mol. The molecule has 0 saturated carbocycles. The predicted octanol–water partition coefficient (Wildman–Crippen LogP) is 3.38. The Hall–Kier alpha value is -1.36. The molecule has 2 heterocycles. The van der Waals surface area contributed by atoms with Gasteiger partial charge in [-0.2, -0.15) is 0 Å². The quantitative estimate of drug-likeness (QED) is 0.791. The van der Waals surface area contributed by atoms with Crippen LogP contribution in [0.3, 0.4) is 0 Å². The number of carbonyl (C=O) groups is 2. The molecule has 0 radical (unpaired) electrons. The summed E-state index contributed by atoms with van der Waals surface area (Å²) in [4.78, 5) is 29.2. The molecule has 1 atom stereocenters. The SMILES string of the molecule is CC(C)C(=O)N1CCCC1C(=O)N1CCCc2cc(Br)ccc21. The van der Waals surface area contributed by atoms with Crippen LogP contribution in [0.5, 0.6) is 0 Å². The van der Waals surface area contributed by atoms with Gasteiger partial charge in [0.1, 0.15) is 6.04 Å². The van der Waals surface area contributed by atoms with Crippen LogP contribution in [0.15, 0.2) is 22.7 Å². The molecule has 1 unspecified atom stereocenters. The summed E-state index contributed by atoms with van der Waals surface area (Å²) in [6.45, 7) is 5.24. The number of carbonyl (C=O) groups excluding carboxylic acids is 2. The van der Waals surface area contributed by atoms with Crippen molar-refractivity contribution in [2.24, 2.45) is 5.92 Å². The molecule has 5 heteroatoms. The van der Waals surface area contributed by atoms with Crippen LogP contribution < -0.4 is 4.90 Å². The first-order valence-corrected chi connectivity index (χ1v) is 9.18. The van der Waals surface area contributed by atoms with Crippen molar-refractivity contribution < 1.29 is 9.59 Å². The first kappa shape index (κ1) is 16.5. The standard InChI is InChI=1S/C18H23BrN2O2/c1-12(2)17(22)21-10-4-6-16(21)18(23)20-9-3-5-13-11-14(19)7-8-15(13)20/h7-8,11-12,16H,3-6,9-10H2,1-2H3. The number of nitrogens with zero attached hydrogens (tertiary/aromatic N) is 2. The molecule has 2 aliphatic rings. The van der Waals surface area contributed by atoms with Gasteiger partial charge in [0.05, 0.1) is 0 Å². The molecule has 1 saturated heterocycles. The molecule has 124 valence electrons. The zero-order chi connectivity index (χ0) is 16.6. The molecule has 1 aromatic carbocycles. The number of benzene rings is 1. The average molecular weight is 379 g/mol. The van der Waals surface area contributed by atoms with Crippen molar-refractivity contribution >= 4 is 33.4 Å². The second-order valence-corrected chi connectivity index (χ2v) is 7.63. The molecule has 2 aliphatic heterocycles. The van der Waals surface area contributed by atoms with Crippen molar-refractivity contribution in [2.45, 2.75) is 45.6 Å². The Kier molecular flexibility index (Phi) is 4.76. The van der Waals surface area contributed by atoms with Crippen LogP contribution in [0.1, 0.15) is 38.7 Å². The van der Waals surface area contributed by atoms with E-state index in [1.165, 1.54) is 5.56 Å². The van der Waals surface area contributed by atoms with Crippen LogP contribution in [0.4, 0.5) is 5.69 Å². The van der Waals surface area contributed by atoms with Gasteiger partial charge in [-0.1, -0.05) is 29.8 Å². The topological polar surface area (TPSA) is 40.6 Å². The number of anilines is 1. The predicted molar refractivity (Wildman–Crippen MR) is 94.4 cm³/mol. The lowest BCUT2D eigenvalue weighted by atomic mass is 10.0. The smallest absolute Gasteiger partial charge is 0.249 e. The summed E-state index contributed by atoms with van der Waals surface area (Å²) < 4.78 is 1.04. The van der Waals surface area contributed by atoms with Crippen molar-refractivity contribution in [1.29, 1.82) is 0 Å². The Morgan fingerprint density at radius 2 is 2.00 bits per heavy atom. The molecule has 3 rings (SSSR count). The van der Waals surface area contributed by atoms with E-state index in [2.05, 4.69) is 22.0 Å². The number of hydrogen-bond acceptors (Lipinski definition) is 2. The van der Waals surface area contributed by atoms with E-state index in [4.69, 9.17) is 0 Å². The second kappa shape index (κ2) is 6.63. The van der Waals surface area contributed by atoms with Crippen molar-refractivity contribution in [1.82, 2.24) is 4.90 Å². The maximum absolute atomic E-state index is 13.1. The van der Waals surface area contributed by atoms with Gasteiger partial charge in [0.2, 0.25) is 11.8 Å². The van der Waals surface area contributed by atoms with Gasteiger partial charge in [-0.15, -0.1) is 0 Å². The third-order valence-electron chi connectivity index (χ3n) is 4.74. The summed E-state index contributed by atoms with van der Waals surface area (Å²) >= 11 is 3.50. The van der Waals surface area contributed by atoms with Crippen LogP contribution in [-0.2, 0) is 16.0 Å². The molecular formula is C18H23BrN2O2. The molecule has 0 N–H and O–H groups in total. The minimum absolute atomic E-state index is 0.0620. The van der Waals surface area contributed by atoms with Gasteiger partial charge in [0.25, 0.3) is 0 Å². The highest BCUT2D eigenvalue weighted by molar-refractivity contribution is 9.10. The zero-order valence-electron chi connectivity index (χ0n) is 13.7. The summed E-state index contributed by atoms with van der Waals surface area (Å²) in [7, 11) is 0. The van der Waals surface area contributed by atoms with Crippen LogP contribution >= 0.6 is 15.9 Å². The molecular weight excluding hydrogens is 356 g/mol. The number of aryl methyl sites for hydroxylation is 1. The van der Waals surface area contributed by atoms with E-state index in [9.17, 15) is 9.59 Å². The van der Waals surface area contributed by atoms with E-state index in [0.717, 1.165) is 42.4 Å². The Morgan fingerprint density at radius 3 is 2.74 bits per heavy atom. The molecule has 0 bridgehead atoms. The first-order valence-electron chi connectivity index (χ1n) is 8.39. The Balaban J connectivity index is 1.85. The van der Waals surface area contributed by atoms with E-state index < -0.39 is 0 Å². The van der Waals surface area contributed by atoms with Crippen molar-refractivity contribution in [3.8, 4) is 0 Å². The summed E-state index contributed by atoms with van der Waals surface area (Å²) in [6, 6.07) is 5.80. The third-order valence-corrected chi connectivity index (χ3v) is 5.23. The van der Waals surface area contributed by atoms with E-state index in [0.29, 0.717) is 6.54 Å². The minimum Gasteiger partial charge on any atom is -0.330 e. The van der Waals surface area contributed by atoms with Gasteiger partial charge >= 0.3 is 0 Å². The van der Waals surface area contributed by atoms with Crippen LogP contribution in [0.25, 0.3) is 0 Å². The highest BCUT2D eigenvalue weighted by Gasteiger charge is 2.38. The van der Waals surface area contributed by atoms with Crippen molar-refractivity contribution in [3.05, 3.63) is 28.2 Å². The molecule has 4 nitrogen and oxygen atoms in total. The number of hydrogen-bond donors (Lipinski definition) is 0. The zero-order valence-corrected chi connectivity index (χ0v) is 15.3. The van der Waals surface area contributed by atoms with E-state index in [1.807, 2.05) is 30.9 Å². The maximum Gasteiger partial charge on any atom is 0.249 e. The molecule has 2 amide bonds. The summed E-state index contributed by atoms with van der Waals surface area (Å²) in [6.07, 6.45) is 3.66. The third kappa shape index (κ3) is 3.16. The van der Waals surface area contributed by atoms with Crippen molar-refractivity contribution in [2.75, 3.05) is 18.0 Å². The fourth-order valence-corrected chi connectivity index (χ4v) is 4.00. The molecule has 0 spiro atoms. The molecule has 23 heavy (non-hydrogen) atoms. The molecule has 0 aliphatic carbocycles. The van der Waals surface area contributed by atoms with Gasteiger partial charge < -0.3 is 9.80 Å². The number of amides is 2. The van der Waals surface area contributed by atoms with Crippen LogP contribution in [0, 0.1) is 5.92 Å². The molecule has 1 aromatic rings. The minimum atomic E-state index is -0.292. The van der Waals surface area contributed by atoms with Crippen molar-refractivity contribution in [3.63, 3.8) is 0 Å². The Morgan fingerprint density at radius 1 is 1.22 bits per heavy atom. The molecule has 1 fully saturated rings. The first-order chi connectivity index (χ1) is 11.0. The molecule has 0 aromatic heterocycles. The van der Waals surface area contributed by atoms with Crippen LogP contribution in [0.2, 0.25) is 0 Å². The summed E-state index contributed by atoms with van der Waals surface area (Å²) in [5.41, 5.74) is 2.21. The average Bonchev–Trinajstić information content (AvgIpc) is 3.01. The lowest BCUT2D eigenvalue weighted by Gasteiger charge is -2.34. The van der Waals surface area contributed by atoms with Gasteiger partial charge in [-0.25, -0.2) is 0 Å². The lowest BCUT2D eigenvalue weighted by molar-refractivity contribution is -0.139. The van der Waals surface area contributed by atoms with E-state index in [1.54, 1.807) is 4.90 Å². The summed E-state index contributed by atoms with van der Waals surface area (Å²) in [5.74, 6) is 0.113.